The van der Waals surface area contributed by atoms with Crippen LogP contribution in [0.3, 0.4) is 0 Å². The number of hydrogen-bond donors (Lipinski definition) is 1. The van der Waals surface area contributed by atoms with Crippen LogP contribution in [-0.2, 0) is 14.3 Å². The van der Waals surface area contributed by atoms with Gasteiger partial charge in [-0.15, -0.1) is 0 Å². The SMILES string of the molecule is N#Cc1cccc(NC(=O)CCOCC2CCOC2)c1. The maximum Gasteiger partial charge on any atom is 0.226 e. The van der Waals surface area contributed by atoms with Gasteiger partial charge in [0.2, 0.25) is 5.91 Å². The largest absolute Gasteiger partial charge is 0.381 e. The van der Waals surface area contributed by atoms with Gasteiger partial charge in [0.1, 0.15) is 0 Å². The number of ether oxygens (including phenoxy) is 2. The fourth-order valence-corrected chi connectivity index (χ4v) is 2.02. The van der Waals surface area contributed by atoms with Crippen molar-refractivity contribution in [2.24, 2.45) is 5.92 Å². The van der Waals surface area contributed by atoms with E-state index in [-0.39, 0.29) is 5.91 Å². The molecule has 1 fully saturated rings. The molecule has 1 aliphatic rings. The first-order valence-corrected chi connectivity index (χ1v) is 6.73. The Hall–Kier alpha value is -1.90. The second-order valence-corrected chi connectivity index (χ2v) is 4.80. The molecule has 5 heteroatoms. The molecule has 1 amide bonds. The topological polar surface area (TPSA) is 71.4 Å². The van der Waals surface area contributed by atoms with Gasteiger partial charge in [0, 0.05) is 18.2 Å². The van der Waals surface area contributed by atoms with Gasteiger partial charge >= 0.3 is 0 Å². The van der Waals surface area contributed by atoms with E-state index in [2.05, 4.69) is 5.32 Å². The van der Waals surface area contributed by atoms with Crippen molar-refractivity contribution < 1.29 is 14.3 Å². The Kier molecular flexibility index (Phi) is 5.54. The Morgan fingerprint density at radius 2 is 2.45 bits per heavy atom. The molecule has 0 spiro atoms. The molecule has 1 aromatic carbocycles. The number of nitrogens with one attached hydrogen (secondary N) is 1. The highest BCUT2D eigenvalue weighted by molar-refractivity contribution is 5.90. The lowest BCUT2D eigenvalue weighted by Crippen LogP contribution is -2.16. The van der Waals surface area contributed by atoms with E-state index in [4.69, 9.17) is 14.7 Å². The third kappa shape index (κ3) is 4.65. The maximum atomic E-state index is 11.7. The molecule has 1 saturated heterocycles. The first-order chi connectivity index (χ1) is 9.78. The summed E-state index contributed by atoms with van der Waals surface area (Å²) in [7, 11) is 0. The summed E-state index contributed by atoms with van der Waals surface area (Å²) in [6.45, 7) is 2.62. The van der Waals surface area contributed by atoms with Crippen LogP contribution >= 0.6 is 0 Å². The highest BCUT2D eigenvalue weighted by Gasteiger charge is 2.15. The van der Waals surface area contributed by atoms with E-state index < -0.39 is 0 Å². The lowest BCUT2D eigenvalue weighted by Gasteiger charge is -2.09. The van der Waals surface area contributed by atoms with E-state index in [0.717, 1.165) is 19.6 Å². The van der Waals surface area contributed by atoms with Crippen LogP contribution in [0.5, 0.6) is 0 Å². The number of benzene rings is 1. The van der Waals surface area contributed by atoms with Crippen molar-refractivity contribution in [2.75, 3.05) is 31.7 Å². The Bertz CT molecular complexity index is 490. The van der Waals surface area contributed by atoms with Gasteiger partial charge in [-0.25, -0.2) is 0 Å². The minimum atomic E-state index is -0.109. The molecule has 106 valence electrons. The predicted octanol–water partition coefficient (Wildman–Crippen LogP) is 1.94. The second-order valence-electron chi connectivity index (χ2n) is 4.80. The van der Waals surface area contributed by atoms with Gasteiger partial charge in [-0.05, 0) is 24.6 Å². The molecular weight excluding hydrogens is 256 g/mol. The van der Waals surface area contributed by atoms with Gasteiger partial charge in [0.15, 0.2) is 0 Å². The Morgan fingerprint density at radius 3 is 3.20 bits per heavy atom. The number of hydrogen-bond acceptors (Lipinski definition) is 4. The molecule has 1 heterocycles. The van der Waals surface area contributed by atoms with Crippen molar-refractivity contribution in [1.82, 2.24) is 0 Å². The van der Waals surface area contributed by atoms with Crippen molar-refractivity contribution in [3.63, 3.8) is 0 Å². The van der Waals surface area contributed by atoms with Crippen molar-refractivity contribution in [2.45, 2.75) is 12.8 Å². The van der Waals surface area contributed by atoms with Crippen LogP contribution < -0.4 is 5.32 Å². The van der Waals surface area contributed by atoms with Crippen LogP contribution in [0.15, 0.2) is 24.3 Å². The van der Waals surface area contributed by atoms with E-state index in [0.29, 0.717) is 36.8 Å². The van der Waals surface area contributed by atoms with Crippen molar-refractivity contribution in [3.8, 4) is 6.07 Å². The molecule has 1 aliphatic heterocycles. The third-order valence-electron chi connectivity index (χ3n) is 3.13. The van der Waals surface area contributed by atoms with E-state index in [1.54, 1.807) is 24.3 Å². The minimum Gasteiger partial charge on any atom is -0.381 e. The fraction of sp³-hybridized carbons (Fsp3) is 0.467. The van der Waals surface area contributed by atoms with Gasteiger partial charge in [-0.1, -0.05) is 6.07 Å². The third-order valence-corrected chi connectivity index (χ3v) is 3.13. The number of nitriles is 1. The summed E-state index contributed by atoms with van der Waals surface area (Å²) >= 11 is 0. The molecule has 1 N–H and O–H groups in total. The smallest absolute Gasteiger partial charge is 0.226 e. The highest BCUT2D eigenvalue weighted by Crippen LogP contribution is 2.13. The zero-order valence-corrected chi connectivity index (χ0v) is 11.3. The average molecular weight is 274 g/mol. The molecule has 0 aliphatic carbocycles. The summed E-state index contributed by atoms with van der Waals surface area (Å²) in [5.74, 6) is 0.355. The van der Waals surface area contributed by atoms with E-state index in [9.17, 15) is 4.79 Å². The van der Waals surface area contributed by atoms with Gasteiger partial charge in [-0.3, -0.25) is 4.79 Å². The minimum absolute atomic E-state index is 0.109. The molecule has 5 nitrogen and oxygen atoms in total. The number of anilines is 1. The van der Waals surface area contributed by atoms with Crippen molar-refractivity contribution in [1.29, 1.82) is 5.26 Å². The monoisotopic (exact) mass is 274 g/mol. The summed E-state index contributed by atoms with van der Waals surface area (Å²) in [5.41, 5.74) is 1.17. The van der Waals surface area contributed by atoms with Crippen molar-refractivity contribution in [3.05, 3.63) is 29.8 Å². The molecule has 0 bridgehead atoms. The van der Waals surface area contributed by atoms with Gasteiger partial charge in [-0.2, -0.15) is 5.26 Å². The summed E-state index contributed by atoms with van der Waals surface area (Å²) < 4.78 is 10.7. The van der Waals surface area contributed by atoms with E-state index in [1.165, 1.54) is 0 Å². The molecule has 1 aromatic rings. The van der Waals surface area contributed by atoms with Crippen LogP contribution in [0.2, 0.25) is 0 Å². The van der Waals surface area contributed by atoms with E-state index in [1.807, 2.05) is 6.07 Å². The van der Waals surface area contributed by atoms with Gasteiger partial charge in [0.05, 0.1) is 37.9 Å². The highest BCUT2D eigenvalue weighted by atomic mass is 16.5. The molecule has 0 aromatic heterocycles. The number of amides is 1. The molecule has 2 rings (SSSR count). The number of carbonyl (C=O) groups excluding carboxylic acids is 1. The lowest BCUT2D eigenvalue weighted by molar-refractivity contribution is -0.117. The first-order valence-electron chi connectivity index (χ1n) is 6.73. The van der Waals surface area contributed by atoms with Crippen LogP contribution in [0.1, 0.15) is 18.4 Å². The zero-order chi connectivity index (χ0) is 14.2. The van der Waals surface area contributed by atoms with Crippen LogP contribution in [0.4, 0.5) is 5.69 Å². The van der Waals surface area contributed by atoms with Crippen molar-refractivity contribution >= 4 is 11.6 Å². The molecular formula is C15H18N2O3. The van der Waals surface area contributed by atoms with Gasteiger partial charge in [0.25, 0.3) is 0 Å². The number of carbonyl (C=O) groups is 1. The Labute approximate surface area is 118 Å². The first kappa shape index (κ1) is 14.5. The molecule has 0 radical (unpaired) electrons. The predicted molar refractivity (Wildman–Crippen MR) is 74.1 cm³/mol. The molecule has 1 unspecified atom stereocenters. The molecule has 20 heavy (non-hydrogen) atoms. The lowest BCUT2D eigenvalue weighted by atomic mass is 10.1. The average Bonchev–Trinajstić information content (AvgIpc) is 2.97. The van der Waals surface area contributed by atoms with E-state index >= 15 is 0 Å². The number of rotatable bonds is 6. The Morgan fingerprint density at radius 1 is 1.55 bits per heavy atom. The summed E-state index contributed by atoms with van der Waals surface area (Å²) in [4.78, 5) is 11.7. The Balaban J connectivity index is 1.65. The quantitative estimate of drug-likeness (QED) is 0.805. The fourth-order valence-electron chi connectivity index (χ4n) is 2.02. The standard InChI is InChI=1S/C15H18N2O3/c16-9-12-2-1-3-14(8-12)17-15(18)5-7-20-11-13-4-6-19-10-13/h1-3,8,13H,4-7,10-11H2,(H,17,18). The second kappa shape index (κ2) is 7.63. The van der Waals surface area contributed by atoms with Crippen LogP contribution in [0, 0.1) is 17.2 Å². The molecule has 0 saturated carbocycles. The number of nitrogens with zero attached hydrogens (tertiary/aromatic N) is 1. The summed E-state index contributed by atoms with van der Waals surface area (Å²) in [5, 5.41) is 11.5. The summed E-state index contributed by atoms with van der Waals surface area (Å²) in [6.07, 6.45) is 1.34. The van der Waals surface area contributed by atoms with Crippen LogP contribution in [-0.4, -0.2) is 32.3 Å². The maximum absolute atomic E-state index is 11.7. The van der Waals surface area contributed by atoms with Crippen LogP contribution in [0.25, 0.3) is 0 Å². The molecule has 1 atom stereocenters. The zero-order valence-electron chi connectivity index (χ0n) is 11.3. The van der Waals surface area contributed by atoms with Gasteiger partial charge < -0.3 is 14.8 Å². The normalized spacial score (nSPS) is 17.6. The summed E-state index contributed by atoms with van der Waals surface area (Å²) in [6, 6.07) is 8.88.